The maximum Gasteiger partial charge on any atom is 0.225 e. The minimum absolute atomic E-state index is 0.0491. The average molecular weight is 539 g/mol. The number of para-hydroxylation sites is 1. The van der Waals surface area contributed by atoms with Crippen molar-refractivity contribution in [3.05, 3.63) is 54.0 Å². The molecule has 0 bridgehead atoms. The van der Waals surface area contributed by atoms with Crippen LogP contribution in [0.25, 0.3) is 0 Å². The van der Waals surface area contributed by atoms with E-state index in [0.29, 0.717) is 48.3 Å². The molecule has 2 saturated carbocycles. The van der Waals surface area contributed by atoms with Crippen LogP contribution in [-0.4, -0.2) is 40.6 Å². The number of carbonyl (C=O) groups excluding carboxylic acids is 1. The van der Waals surface area contributed by atoms with Gasteiger partial charge in [-0.3, -0.25) is 4.79 Å². The van der Waals surface area contributed by atoms with Crippen molar-refractivity contribution in [2.24, 2.45) is 35.3 Å². The van der Waals surface area contributed by atoms with E-state index in [0.717, 1.165) is 58.0 Å². The summed E-state index contributed by atoms with van der Waals surface area (Å²) >= 11 is 0. The molecule has 0 radical (unpaired) electrons. The van der Waals surface area contributed by atoms with Gasteiger partial charge in [0.2, 0.25) is 11.9 Å². The molecule has 212 valence electrons. The van der Waals surface area contributed by atoms with E-state index in [4.69, 9.17) is 5.73 Å². The number of nitrogens with zero attached hydrogens (tertiary/aromatic N) is 2. The molecule has 2 aromatic rings. The Morgan fingerprint density at radius 1 is 1.03 bits per heavy atom. The van der Waals surface area contributed by atoms with Crippen LogP contribution in [0.5, 0.6) is 5.75 Å². The maximum absolute atomic E-state index is 14.5. The number of allylic oxidation sites excluding steroid dienone is 1. The van der Waals surface area contributed by atoms with Gasteiger partial charge in [-0.25, -0.2) is 9.37 Å². The number of primary amides is 1. The first-order valence-electron chi connectivity index (χ1n) is 14.2. The average Bonchev–Trinajstić information content (AvgIpc) is 2.93. The second-order valence-corrected chi connectivity index (χ2v) is 11.5. The molecule has 8 nitrogen and oxygen atoms in total. The molecular weight excluding hydrogens is 495 g/mol. The summed E-state index contributed by atoms with van der Waals surface area (Å²) in [5.74, 6) is 2.05. The number of anilines is 2. The highest BCUT2D eigenvalue weighted by Gasteiger charge is 2.30. The lowest BCUT2D eigenvalue weighted by Crippen LogP contribution is -2.36. The van der Waals surface area contributed by atoms with E-state index in [-0.39, 0.29) is 23.4 Å². The van der Waals surface area contributed by atoms with Crippen LogP contribution in [0.1, 0.15) is 57.4 Å². The Morgan fingerprint density at radius 2 is 1.72 bits per heavy atom. The number of hydrogen-bond acceptors (Lipinski definition) is 7. The van der Waals surface area contributed by atoms with Crippen LogP contribution in [0.3, 0.4) is 0 Å². The van der Waals surface area contributed by atoms with Crippen LogP contribution < -0.4 is 21.7 Å². The molecule has 0 aliphatic heterocycles. The summed E-state index contributed by atoms with van der Waals surface area (Å²) in [7, 11) is 0. The summed E-state index contributed by atoms with van der Waals surface area (Å²) in [6, 6.07) is 7.04. The molecule has 3 atom stereocenters. The molecular formula is C30H43FN6O2. The summed E-state index contributed by atoms with van der Waals surface area (Å²) in [6.45, 7) is 9.24. The lowest BCUT2D eigenvalue weighted by atomic mass is 9.72. The molecule has 1 aromatic carbocycles. The van der Waals surface area contributed by atoms with Gasteiger partial charge in [-0.05, 0) is 94.7 Å². The molecule has 2 aliphatic rings. The first-order valence-corrected chi connectivity index (χ1v) is 14.2. The Bertz CT molecular complexity index is 1120. The topological polar surface area (TPSA) is 125 Å². The van der Waals surface area contributed by atoms with Crippen molar-refractivity contribution in [2.75, 3.05) is 30.3 Å². The van der Waals surface area contributed by atoms with E-state index < -0.39 is 5.82 Å². The summed E-state index contributed by atoms with van der Waals surface area (Å²) < 4.78 is 14.5. The predicted molar refractivity (Wildman–Crippen MR) is 153 cm³/mol. The van der Waals surface area contributed by atoms with Gasteiger partial charge >= 0.3 is 0 Å². The normalized spacial score (nSPS) is 25.1. The number of nitrogens with one attached hydrogen (secondary N) is 3. The molecule has 1 aromatic heterocycles. The van der Waals surface area contributed by atoms with Crippen LogP contribution in [0.4, 0.5) is 16.2 Å². The van der Waals surface area contributed by atoms with Crippen molar-refractivity contribution in [1.29, 1.82) is 0 Å². The molecule has 0 saturated heterocycles. The maximum atomic E-state index is 14.5. The Kier molecular flexibility index (Phi) is 10.1. The van der Waals surface area contributed by atoms with Crippen molar-refractivity contribution >= 4 is 17.7 Å². The van der Waals surface area contributed by atoms with E-state index in [9.17, 15) is 14.3 Å². The number of phenols is 1. The number of amides is 1. The minimum Gasteiger partial charge on any atom is -0.508 e. The minimum atomic E-state index is -0.486. The Balaban J connectivity index is 1.27. The number of aromatic hydroxyl groups is 1. The number of nitrogens with two attached hydrogens (primary N) is 1. The third kappa shape index (κ3) is 8.39. The highest BCUT2D eigenvalue weighted by Crippen LogP contribution is 2.37. The number of aromatic nitrogens is 2. The van der Waals surface area contributed by atoms with E-state index in [1.54, 1.807) is 12.1 Å². The van der Waals surface area contributed by atoms with Crippen molar-refractivity contribution in [3.8, 4) is 5.75 Å². The highest BCUT2D eigenvalue weighted by atomic mass is 19.1. The molecule has 39 heavy (non-hydrogen) atoms. The van der Waals surface area contributed by atoms with Gasteiger partial charge in [0.05, 0.1) is 6.20 Å². The third-order valence-electron chi connectivity index (χ3n) is 8.45. The molecule has 2 fully saturated rings. The van der Waals surface area contributed by atoms with E-state index in [1.165, 1.54) is 11.8 Å². The summed E-state index contributed by atoms with van der Waals surface area (Å²) in [4.78, 5) is 19.8. The lowest BCUT2D eigenvalue weighted by Gasteiger charge is -2.36. The van der Waals surface area contributed by atoms with Crippen molar-refractivity contribution in [1.82, 2.24) is 15.3 Å². The smallest absolute Gasteiger partial charge is 0.225 e. The van der Waals surface area contributed by atoms with Crippen molar-refractivity contribution in [3.63, 3.8) is 0 Å². The molecule has 4 rings (SSSR count). The van der Waals surface area contributed by atoms with E-state index >= 15 is 0 Å². The zero-order chi connectivity index (χ0) is 27.8. The molecule has 1 amide bonds. The highest BCUT2D eigenvalue weighted by molar-refractivity contribution is 5.76. The van der Waals surface area contributed by atoms with Gasteiger partial charge < -0.3 is 26.8 Å². The Hall–Kier alpha value is -3.20. The summed E-state index contributed by atoms with van der Waals surface area (Å²) in [6.07, 6.45) is 8.30. The fourth-order valence-electron chi connectivity index (χ4n) is 6.10. The predicted octanol–water partition coefficient (Wildman–Crippen LogP) is 4.84. The van der Waals surface area contributed by atoms with Gasteiger partial charge in [-0.1, -0.05) is 30.4 Å². The number of carbonyl (C=O) groups is 1. The standard InChI is InChI=1S/C30H43FN6O2/c1-19(2)25-12-21(15-33-14-20-7-9-23(10-8-20)28(32)39)11-22(13-25)16-34-29-26(31)18-36-30(37-29)35-17-24-5-3-4-6-27(24)38/h3-6,18,20-23,25,33,38H,1,7-17H2,2H3,(H2,32,39)(H2,34,35,36,37)/t20-,21-,22-,23-,25?/m0/s1. The van der Waals surface area contributed by atoms with Crippen molar-refractivity contribution in [2.45, 2.75) is 58.4 Å². The van der Waals surface area contributed by atoms with Crippen LogP contribution in [-0.2, 0) is 11.3 Å². The number of benzene rings is 1. The van der Waals surface area contributed by atoms with Gasteiger partial charge in [0, 0.05) is 24.6 Å². The van der Waals surface area contributed by atoms with Gasteiger partial charge in [0.1, 0.15) is 5.75 Å². The first-order chi connectivity index (χ1) is 18.8. The van der Waals surface area contributed by atoms with Gasteiger partial charge in [0.15, 0.2) is 11.6 Å². The fraction of sp³-hybridized carbons (Fsp3) is 0.567. The van der Waals surface area contributed by atoms with Gasteiger partial charge in [-0.15, -0.1) is 0 Å². The largest absolute Gasteiger partial charge is 0.508 e. The second kappa shape index (κ2) is 13.7. The monoisotopic (exact) mass is 538 g/mol. The number of hydrogen-bond donors (Lipinski definition) is 5. The molecule has 1 unspecified atom stereocenters. The zero-order valence-electron chi connectivity index (χ0n) is 23.0. The number of halogens is 1. The fourth-order valence-corrected chi connectivity index (χ4v) is 6.10. The zero-order valence-corrected chi connectivity index (χ0v) is 23.0. The molecule has 6 N–H and O–H groups in total. The second-order valence-electron chi connectivity index (χ2n) is 11.5. The number of rotatable bonds is 12. The Morgan fingerprint density at radius 3 is 2.41 bits per heavy atom. The molecule has 9 heteroatoms. The molecule has 0 spiro atoms. The van der Waals surface area contributed by atoms with E-state index in [1.807, 2.05) is 12.1 Å². The lowest BCUT2D eigenvalue weighted by molar-refractivity contribution is -0.122. The summed E-state index contributed by atoms with van der Waals surface area (Å²) in [5, 5.41) is 20.0. The number of phenolic OH excluding ortho intramolecular Hbond substituents is 1. The first kappa shape index (κ1) is 28.8. The van der Waals surface area contributed by atoms with Crippen LogP contribution in [0.2, 0.25) is 0 Å². The van der Waals surface area contributed by atoms with Crippen LogP contribution in [0.15, 0.2) is 42.6 Å². The summed E-state index contributed by atoms with van der Waals surface area (Å²) in [5.41, 5.74) is 7.39. The van der Waals surface area contributed by atoms with E-state index in [2.05, 4.69) is 39.4 Å². The van der Waals surface area contributed by atoms with Crippen molar-refractivity contribution < 1.29 is 14.3 Å². The van der Waals surface area contributed by atoms with Crippen LogP contribution in [0, 0.1) is 35.4 Å². The Labute approximate surface area is 231 Å². The molecule has 2 aliphatic carbocycles. The SMILES string of the molecule is C=C(C)C1C[C@@H](CNC[C@H]2CC[C@H](C(N)=O)CC2)C[C@H](CNc2nc(NCc3ccccc3O)ncc2F)C1. The van der Waals surface area contributed by atoms with Gasteiger partial charge in [0.25, 0.3) is 0 Å². The van der Waals surface area contributed by atoms with Gasteiger partial charge in [-0.2, -0.15) is 4.98 Å². The van der Waals surface area contributed by atoms with Crippen LogP contribution >= 0.6 is 0 Å². The quantitative estimate of drug-likeness (QED) is 0.245. The molecule has 1 heterocycles. The third-order valence-corrected chi connectivity index (χ3v) is 8.45.